The summed E-state index contributed by atoms with van der Waals surface area (Å²) in [4.78, 5) is 14.8. The first-order chi connectivity index (χ1) is 16.3. The Bertz CT molecular complexity index is 912. The molecule has 1 amide bonds. The summed E-state index contributed by atoms with van der Waals surface area (Å²) in [6.45, 7) is 16.2. The van der Waals surface area contributed by atoms with E-state index in [0.717, 1.165) is 0 Å². The van der Waals surface area contributed by atoms with Crippen molar-refractivity contribution in [3.05, 3.63) is 41.7 Å². The molecule has 35 heavy (non-hydrogen) atoms. The van der Waals surface area contributed by atoms with Gasteiger partial charge in [0.2, 0.25) is 0 Å². The summed E-state index contributed by atoms with van der Waals surface area (Å²) < 4.78 is 47.8. The highest BCUT2D eigenvalue weighted by molar-refractivity contribution is 7.90. The molecule has 2 aliphatic rings. The second kappa shape index (κ2) is 11.2. The number of carbonyl (C=O) groups excluding carboxylic acids is 1. The van der Waals surface area contributed by atoms with Gasteiger partial charge in [-0.15, -0.1) is 4.72 Å². The molecule has 0 radical (unpaired) electrons. The van der Waals surface area contributed by atoms with E-state index in [0.29, 0.717) is 42.8 Å². The van der Waals surface area contributed by atoms with Crippen LogP contribution in [-0.4, -0.2) is 58.3 Å². The van der Waals surface area contributed by atoms with E-state index in [1.54, 1.807) is 37.8 Å². The number of aryl methyl sites for hydroxylation is 1. The molecular formula is C26H39FN2O5S. The van der Waals surface area contributed by atoms with E-state index < -0.39 is 34.0 Å². The summed E-state index contributed by atoms with van der Waals surface area (Å²) in [6.07, 6.45) is 2.36. The van der Waals surface area contributed by atoms with E-state index >= 15 is 0 Å². The first kappa shape index (κ1) is 27.9. The fourth-order valence-corrected chi connectivity index (χ4v) is 5.26. The van der Waals surface area contributed by atoms with Gasteiger partial charge in [-0.1, -0.05) is 12.7 Å². The molecule has 0 aromatic heterocycles. The molecule has 2 aliphatic heterocycles. The molecular weight excluding hydrogens is 471 g/mol. The lowest BCUT2D eigenvalue weighted by Gasteiger charge is -2.38. The molecule has 1 aromatic carbocycles. The Kier molecular flexibility index (Phi) is 8.91. The Morgan fingerprint density at radius 3 is 2.60 bits per heavy atom. The van der Waals surface area contributed by atoms with Gasteiger partial charge in [0, 0.05) is 30.0 Å². The minimum atomic E-state index is -1.39. The van der Waals surface area contributed by atoms with Crippen LogP contribution in [0.3, 0.4) is 0 Å². The van der Waals surface area contributed by atoms with Crippen molar-refractivity contribution in [2.24, 2.45) is 5.92 Å². The van der Waals surface area contributed by atoms with Crippen molar-refractivity contribution in [2.45, 2.75) is 77.1 Å². The van der Waals surface area contributed by atoms with E-state index in [1.807, 2.05) is 20.8 Å². The summed E-state index contributed by atoms with van der Waals surface area (Å²) in [5, 5.41) is 0. The molecule has 0 saturated carbocycles. The lowest BCUT2D eigenvalue weighted by molar-refractivity contribution is -0.161. The molecule has 2 fully saturated rings. The Balaban J connectivity index is 1.82. The zero-order valence-electron chi connectivity index (χ0n) is 21.7. The fraction of sp³-hybridized carbons (Fsp3) is 0.654. The maximum atomic E-state index is 14.7. The summed E-state index contributed by atoms with van der Waals surface area (Å²) in [7, 11) is 0. The van der Waals surface area contributed by atoms with E-state index in [4.69, 9.17) is 14.2 Å². The predicted molar refractivity (Wildman–Crippen MR) is 135 cm³/mol. The maximum Gasteiger partial charge on any atom is 0.254 e. The zero-order chi connectivity index (χ0) is 26.0. The number of likely N-dealkylation sites (tertiary alicyclic amines) is 1. The standard InChI is InChI=1S/C26H39FN2O5S/c1-8-13-32-21-14-17(2)20(27)15-19(21)23(28-35(31)25(3,4)5)18-9-11-29(12-10-18)24(30)22-16-33-26(6,7)34-22/h8,14-15,18,22-23,28H,1,9-13,16H2,2-7H3/t22-,23?,35+/m1/s1. The quantitative estimate of drug-likeness (QED) is 0.417. The average Bonchev–Trinajstić information content (AvgIpc) is 3.16. The Labute approximate surface area is 211 Å². The number of amides is 1. The molecule has 3 atom stereocenters. The average molecular weight is 511 g/mol. The number of nitrogens with zero attached hydrogens (tertiary/aromatic N) is 1. The number of nitrogens with one attached hydrogen (secondary N) is 1. The van der Waals surface area contributed by atoms with Gasteiger partial charge in [-0.2, -0.15) is 0 Å². The zero-order valence-corrected chi connectivity index (χ0v) is 22.5. The summed E-state index contributed by atoms with van der Waals surface area (Å²) in [5.41, 5.74) is 1.11. The number of ether oxygens (including phenoxy) is 3. The van der Waals surface area contributed by atoms with E-state index in [9.17, 15) is 13.7 Å². The highest BCUT2D eigenvalue weighted by Crippen LogP contribution is 2.39. The van der Waals surface area contributed by atoms with Crippen molar-refractivity contribution < 1.29 is 27.9 Å². The van der Waals surface area contributed by atoms with Gasteiger partial charge in [-0.3, -0.25) is 4.79 Å². The molecule has 7 nitrogen and oxygen atoms in total. The van der Waals surface area contributed by atoms with Crippen molar-refractivity contribution in [1.82, 2.24) is 9.62 Å². The van der Waals surface area contributed by atoms with E-state index in [-0.39, 0.29) is 30.9 Å². The van der Waals surface area contributed by atoms with Gasteiger partial charge in [0.05, 0.1) is 12.6 Å². The van der Waals surface area contributed by atoms with Crippen LogP contribution in [0.15, 0.2) is 24.8 Å². The molecule has 196 valence electrons. The van der Waals surface area contributed by atoms with Crippen LogP contribution in [0.4, 0.5) is 4.39 Å². The smallest absolute Gasteiger partial charge is 0.254 e. The van der Waals surface area contributed by atoms with Crippen molar-refractivity contribution >= 4 is 17.3 Å². The van der Waals surface area contributed by atoms with Crippen molar-refractivity contribution in [3.8, 4) is 5.75 Å². The number of halogens is 1. The summed E-state index contributed by atoms with van der Waals surface area (Å²) >= 11 is -1.39. The second-order valence-electron chi connectivity index (χ2n) is 10.7. The number of benzene rings is 1. The minimum absolute atomic E-state index is 0.0238. The van der Waals surface area contributed by atoms with E-state index in [2.05, 4.69) is 11.3 Å². The minimum Gasteiger partial charge on any atom is -0.598 e. The van der Waals surface area contributed by atoms with Crippen molar-refractivity contribution in [1.29, 1.82) is 0 Å². The molecule has 1 aromatic rings. The summed E-state index contributed by atoms with van der Waals surface area (Å²) in [6, 6.07) is 2.75. The predicted octanol–water partition coefficient (Wildman–Crippen LogP) is 4.18. The number of hydrogen-bond donors (Lipinski definition) is 1. The fourth-order valence-electron chi connectivity index (χ4n) is 4.36. The van der Waals surface area contributed by atoms with Crippen LogP contribution < -0.4 is 9.46 Å². The first-order valence-corrected chi connectivity index (χ1v) is 13.3. The largest absolute Gasteiger partial charge is 0.598 e. The van der Waals surface area contributed by atoms with Crippen molar-refractivity contribution in [2.75, 3.05) is 26.3 Å². The topological polar surface area (TPSA) is 83.1 Å². The Hall–Kier alpha value is -1.65. The van der Waals surface area contributed by atoms with Gasteiger partial charge in [-0.25, -0.2) is 4.39 Å². The Morgan fingerprint density at radius 1 is 1.40 bits per heavy atom. The highest BCUT2D eigenvalue weighted by Gasteiger charge is 2.41. The van der Waals surface area contributed by atoms with Gasteiger partial charge in [0.1, 0.15) is 22.9 Å². The van der Waals surface area contributed by atoms with Gasteiger partial charge in [0.15, 0.2) is 11.9 Å². The third-order valence-electron chi connectivity index (χ3n) is 6.38. The van der Waals surface area contributed by atoms with Crippen LogP contribution in [0.1, 0.15) is 64.6 Å². The molecule has 0 bridgehead atoms. The number of hydrogen-bond acceptors (Lipinski definition) is 6. The normalized spacial score (nSPS) is 22.6. The molecule has 0 aliphatic carbocycles. The molecule has 1 unspecified atom stereocenters. The van der Waals surface area contributed by atoms with Crippen LogP contribution >= 0.6 is 0 Å². The number of rotatable bonds is 8. The molecule has 0 spiro atoms. The van der Waals surface area contributed by atoms with Crippen LogP contribution in [0, 0.1) is 18.7 Å². The van der Waals surface area contributed by atoms with Crippen LogP contribution in [-0.2, 0) is 25.6 Å². The SMILES string of the molecule is C=CCOc1cc(C)c(F)cc1C(N[S@@+]([O-])C(C)(C)C)C1CCN(C(=O)[C@H]2COC(C)(C)O2)CC1. The second-order valence-corrected chi connectivity index (χ2v) is 12.7. The van der Waals surface area contributed by atoms with E-state index in [1.165, 1.54) is 6.07 Å². The number of carbonyl (C=O) groups is 1. The van der Waals surface area contributed by atoms with Gasteiger partial charge >= 0.3 is 0 Å². The van der Waals surface area contributed by atoms with Gasteiger partial charge < -0.3 is 23.7 Å². The molecule has 2 heterocycles. The van der Waals surface area contributed by atoms with Crippen LogP contribution in [0.2, 0.25) is 0 Å². The first-order valence-electron chi connectivity index (χ1n) is 12.1. The molecule has 1 N–H and O–H groups in total. The van der Waals surface area contributed by atoms with Crippen molar-refractivity contribution in [3.63, 3.8) is 0 Å². The lowest BCUT2D eigenvalue weighted by Crippen LogP contribution is -2.48. The number of piperidine rings is 1. The third-order valence-corrected chi connectivity index (χ3v) is 7.96. The third kappa shape index (κ3) is 6.98. The van der Waals surface area contributed by atoms with Crippen LogP contribution in [0.5, 0.6) is 5.75 Å². The molecule has 3 rings (SSSR count). The molecule has 9 heteroatoms. The summed E-state index contributed by atoms with van der Waals surface area (Å²) in [5.74, 6) is -0.608. The lowest BCUT2D eigenvalue weighted by atomic mass is 9.85. The monoisotopic (exact) mass is 510 g/mol. The Morgan fingerprint density at radius 2 is 2.06 bits per heavy atom. The van der Waals surface area contributed by atoms with Crippen LogP contribution in [0.25, 0.3) is 0 Å². The molecule has 2 saturated heterocycles. The van der Waals surface area contributed by atoms with Gasteiger partial charge in [0.25, 0.3) is 5.91 Å². The maximum absolute atomic E-state index is 14.7. The van der Waals surface area contributed by atoms with Gasteiger partial charge in [-0.05, 0) is 78.0 Å². The highest BCUT2D eigenvalue weighted by atomic mass is 32.2.